The summed E-state index contributed by atoms with van der Waals surface area (Å²) in [7, 11) is 0. The number of fused-ring (bicyclic) bond motifs is 1. The summed E-state index contributed by atoms with van der Waals surface area (Å²) >= 11 is 0. The van der Waals surface area contributed by atoms with Crippen molar-refractivity contribution in [3.05, 3.63) is 47.5 Å². The molecular formula is C17H28. The number of benzene rings is 2. The van der Waals surface area contributed by atoms with Crippen molar-refractivity contribution in [1.82, 2.24) is 0 Å². The summed E-state index contributed by atoms with van der Waals surface area (Å²) in [5.74, 6) is 0. The van der Waals surface area contributed by atoms with Crippen LogP contribution in [-0.2, 0) is 0 Å². The van der Waals surface area contributed by atoms with E-state index in [1.807, 2.05) is 27.7 Å². The number of hydrogen-bond donors (Lipinski definition) is 0. The van der Waals surface area contributed by atoms with E-state index in [4.69, 9.17) is 0 Å². The molecule has 2 rings (SSSR count). The first-order chi connectivity index (χ1) is 7.77. The largest absolute Gasteiger partial charge is 0.0776 e. The van der Waals surface area contributed by atoms with Crippen LogP contribution in [0.4, 0.5) is 0 Å². The third kappa shape index (κ3) is 5.04. The first-order valence-electron chi connectivity index (χ1n) is 6.23. The van der Waals surface area contributed by atoms with Gasteiger partial charge in [-0.25, -0.2) is 0 Å². The van der Waals surface area contributed by atoms with Gasteiger partial charge in [0, 0.05) is 0 Å². The topological polar surface area (TPSA) is 0 Å². The number of aryl methyl sites for hydroxylation is 2. The lowest BCUT2D eigenvalue weighted by molar-refractivity contribution is 1.48. The number of rotatable bonds is 0. The van der Waals surface area contributed by atoms with E-state index >= 15 is 0 Å². The van der Waals surface area contributed by atoms with Gasteiger partial charge < -0.3 is 0 Å². The van der Waals surface area contributed by atoms with Gasteiger partial charge in [-0.3, -0.25) is 0 Å². The van der Waals surface area contributed by atoms with E-state index in [0.717, 1.165) is 0 Å². The van der Waals surface area contributed by atoms with E-state index in [1.165, 1.54) is 21.9 Å². The van der Waals surface area contributed by atoms with Gasteiger partial charge in [0.25, 0.3) is 0 Å². The van der Waals surface area contributed by atoms with E-state index in [9.17, 15) is 0 Å². The highest BCUT2D eigenvalue weighted by atomic mass is 14.0. The van der Waals surface area contributed by atoms with Crippen LogP contribution in [0.2, 0.25) is 0 Å². The van der Waals surface area contributed by atoms with Crippen LogP contribution in [0.15, 0.2) is 36.4 Å². The van der Waals surface area contributed by atoms with Crippen molar-refractivity contribution in [1.29, 1.82) is 0 Å². The highest BCUT2D eigenvalue weighted by Crippen LogP contribution is 2.18. The fourth-order valence-electron chi connectivity index (χ4n) is 1.57. The molecule has 0 aromatic heterocycles. The zero-order chi connectivity index (χ0) is 12.6. The van der Waals surface area contributed by atoms with Crippen LogP contribution in [0.1, 0.15) is 46.2 Å². The van der Waals surface area contributed by atoms with Crippen LogP contribution in [0.5, 0.6) is 0 Å². The van der Waals surface area contributed by atoms with Crippen LogP contribution in [-0.4, -0.2) is 0 Å². The van der Waals surface area contributed by atoms with Crippen molar-refractivity contribution in [3.63, 3.8) is 0 Å². The molecule has 0 heteroatoms. The molecule has 96 valence electrons. The second-order valence-electron chi connectivity index (χ2n) is 3.30. The van der Waals surface area contributed by atoms with E-state index < -0.39 is 0 Å². The maximum atomic E-state index is 2.22. The van der Waals surface area contributed by atoms with Crippen molar-refractivity contribution < 1.29 is 0 Å². The maximum Gasteiger partial charge on any atom is -0.0155 e. The first kappa shape index (κ1) is 18.1. The quantitative estimate of drug-likeness (QED) is 0.511. The van der Waals surface area contributed by atoms with E-state index in [-0.39, 0.29) is 7.43 Å². The van der Waals surface area contributed by atoms with Gasteiger partial charge in [0.1, 0.15) is 0 Å². The Morgan fingerprint density at radius 1 is 0.765 bits per heavy atom. The molecule has 2 aromatic carbocycles. The van der Waals surface area contributed by atoms with Crippen molar-refractivity contribution in [2.45, 2.75) is 49.0 Å². The minimum Gasteiger partial charge on any atom is -0.0776 e. The minimum absolute atomic E-state index is 0. The monoisotopic (exact) mass is 232 g/mol. The summed E-state index contributed by atoms with van der Waals surface area (Å²) in [4.78, 5) is 0. The molecule has 0 heterocycles. The van der Waals surface area contributed by atoms with Gasteiger partial charge in [0.2, 0.25) is 0 Å². The van der Waals surface area contributed by atoms with Gasteiger partial charge in [-0.1, -0.05) is 77.1 Å². The molecular weight excluding hydrogens is 204 g/mol. The zero-order valence-corrected chi connectivity index (χ0v) is 11.5. The molecule has 0 fully saturated rings. The molecule has 0 amide bonds. The van der Waals surface area contributed by atoms with Gasteiger partial charge >= 0.3 is 0 Å². The van der Waals surface area contributed by atoms with E-state index in [1.54, 1.807) is 0 Å². The number of hydrogen-bond acceptors (Lipinski definition) is 0. The second-order valence-corrected chi connectivity index (χ2v) is 3.30. The molecule has 0 nitrogen and oxygen atoms in total. The molecule has 0 N–H and O–H groups in total. The second kappa shape index (κ2) is 9.89. The van der Waals surface area contributed by atoms with Crippen LogP contribution in [0, 0.1) is 13.8 Å². The smallest absolute Gasteiger partial charge is 0.0155 e. The molecule has 2 aromatic rings. The predicted molar refractivity (Wildman–Crippen MR) is 82.8 cm³/mol. The summed E-state index contributed by atoms with van der Waals surface area (Å²) in [6, 6.07) is 13.0. The fourth-order valence-corrected chi connectivity index (χ4v) is 1.57. The van der Waals surface area contributed by atoms with Crippen LogP contribution in [0.3, 0.4) is 0 Å². The lowest BCUT2D eigenvalue weighted by Gasteiger charge is -2.01. The van der Waals surface area contributed by atoms with Gasteiger partial charge in [0.05, 0.1) is 0 Å². The fraction of sp³-hybridized carbons (Fsp3) is 0.412. The standard InChI is InChI=1S/C12H12.2C2H6.CH4/c1-9-6-7-12-10(2)4-3-5-11(12)8-9;2*1-2;/h3-8H,1-2H3;2*1-2H3;1H4. The molecule has 0 spiro atoms. The van der Waals surface area contributed by atoms with Crippen LogP contribution >= 0.6 is 0 Å². The molecule has 0 bridgehead atoms. The average Bonchev–Trinajstić information content (AvgIpc) is 2.34. The summed E-state index contributed by atoms with van der Waals surface area (Å²) < 4.78 is 0. The zero-order valence-electron chi connectivity index (χ0n) is 11.5. The molecule has 0 aliphatic rings. The van der Waals surface area contributed by atoms with Gasteiger partial charge in [-0.2, -0.15) is 0 Å². The van der Waals surface area contributed by atoms with Crippen LogP contribution in [0.25, 0.3) is 10.8 Å². The van der Waals surface area contributed by atoms with E-state index in [0.29, 0.717) is 0 Å². The van der Waals surface area contributed by atoms with Gasteiger partial charge in [-0.05, 0) is 30.2 Å². The molecule has 0 atom stereocenters. The Bertz CT molecular complexity index is 413. The Labute approximate surface area is 108 Å². The van der Waals surface area contributed by atoms with Crippen molar-refractivity contribution >= 4 is 10.8 Å². The summed E-state index contributed by atoms with van der Waals surface area (Å²) in [5, 5.41) is 2.71. The highest BCUT2D eigenvalue weighted by Gasteiger charge is 1.94. The average molecular weight is 232 g/mol. The summed E-state index contributed by atoms with van der Waals surface area (Å²) in [6.07, 6.45) is 0. The molecule has 0 aliphatic heterocycles. The third-order valence-corrected chi connectivity index (χ3v) is 2.25. The molecule has 17 heavy (non-hydrogen) atoms. The predicted octanol–water partition coefficient (Wildman–Crippen LogP) is 6.15. The molecule has 0 radical (unpaired) electrons. The van der Waals surface area contributed by atoms with Crippen molar-refractivity contribution in [2.24, 2.45) is 0 Å². The molecule has 0 saturated heterocycles. The highest BCUT2D eigenvalue weighted by molar-refractivity contribution is 5.85. The molecule has 0 aliphatic carbocycles. The summed E-state index contributed by atoms with van der Waals surface area (Å²) in [6.45, 7) is 12.3. The lowest BCUT2D eigenvalue weighted by Crippen LogP contribution is -1.78. The van der Waals surface area contributed by atoms with Gasteiger partial charge in [0.15, 0.2) is 0 Å². The van der Waals surface area contributed by atoms with E-state index in [2.05, 4.69) is 50.2 Å². The normalized spacial score (nSPS) is 8.12. The Kier molecular flexibility index (Phi) is 10.5. The van der Waals surface area contributed by atoms with Crippen molar-refractivity contribution in [2.75, 3.05) is 0 Å². The lowest BCUT2D eigenvalue weighted by atomic mass is 10.0. The Hall–Kier alpha value is -1.30. The maximum absolute atomic E-state index is 2.22. The Morgan fingerprint density at radius 3 is 1.94 bits per heavy atom. The molecule has 0 unspecified atom stereocenters. The Balaban J connectivity index is 0. The van der Waals surface area contributed by atoms with Crippen LogP contribution < -0.4 is 0 Å². The first-order valence-corrected chi connectivity index (χ1v) is 6.23. The third-order valence-electron chi connectivity index (χ3n) is 2.25. The minimum atomic E-state index is 0. The SMILES string of the molecule is C.CC.CC.Cc1ccc2c(C)cccc2c1. The Morgan fingerprint density at radius 2 is 1.35 bits per heavy atom. The summed E-state index contributed by atoms with van der Waals surface area (Å²) in [5.41, 5.74) is 2.68. The van der Waals surface area contributed by atoms with Crippen molar-refractivity contribution in [3.8, 4) is 0 Å². The van der Waals surface area contributed by atoms with Gasteiger partial charge in [-0.15, -0.1) is 0 Å². The molecule has 0 saturated carbocycles.